The van der Waals surface area contributed by atoms with E-state index in [-0.39, 0.29) is 5.84 Å². The number of benzene rings is 1. The van der Waals surface area contributed by atoms with Crippen LogP contribution in [-0.4, -0.2) is 10.8 Å². The third-order valence-corrected chi connectivity index (χ3v) is 2.98. The van der Waals surface area contributed by atoms with Gasteiger partial charge in [0.05, 0.1) is 5.52 Å². The van der Waals surface area contributed by atoms with Crippen LogP contribution in [0.3, 0.4) is 0 Å². The standard InChI is InChI=1S/C14H17N3/c1-8(2)10-4-5-12-11(7-10)9(3)6-13(17-12)14(15)16/h4-8H,1-3H3,(H3,15,16). The molecule has 2 rings (SSSR count). The number of aromatic nitrogens is 1. The normalized spacial score (nSPS) is 11.1. The van der Waals surface area contributed by atoms with Crippen LogP contribution in [0.1, 0.15) is 36.6 Å². The molecule has 2 aromatic rings. The van der Waals surface area contributed by atoms with Gasteiger partial charge >= 0.3 is 0 Å². The molecule has 3 heteroatoms. The number of nitrogens with zero attached hydrogens (tertiary/aromatic N) is 1. The lowest BCUT2D eigenvalue weighted by Gasteiger charge is -2.09. The monoisotopic (exact) mass is 227 g/mol. The van der Waals surface area contributed by atoms with Crippen molar-refractivity contribution in [2.24, 2.45) is 5.73 Å². The van der Waals surface area contributed by atoms with Gasteiger partial charge in [0.1, 0.15) is 11.5 Å². The first-order chi connectivity index (χ1) is 7.99. The highest BCUT2D eigenvalue weighted by molar-refractivity contribution is 5.96. The van der Waals surface area contributed by atoms with Crippen LogP contribution in [0, 0.1) is 12.3 Å². The zero-order chi connectivity index (χ0) is 12.6. The van der Waals surface area contributed by atoms with Crippen LogP contribution >= 0.6 is 0 Å². The van der Waals surface area contributed by atoms with Crippen molar-refractivity contribution < 1.29 is 0 Å². The van der Waals surface area contributed by atoms with Gasteiger partial charge in [0.25, 0.3) is 0 Å². The van der Waals surface area contributed by atoms with Gasteiger partial charge in [-0.25, -0.2) is 4.98 Å². The average Bonchev–Trinajstić information content (AvgIpc) is 2.28. The summed E-state index contributed by atoms with van der Waals surface area (Å²) in [7, 11) is 0. The van der Waals surface area contributed by atoms with Crippen LogP contribution in [0.2, 0.25) is 0 Å². The third-order valence-electron chi connectivity index (χ3n) is 2.98. The van der Waals surface area contributed by atoms with E-state index in [0.29, 0.717) is 11.6 Å². The highest BCUT2D eigenvalue weighted by Crippen LogP contribution is 2.23. The molecule has 0 saturated heterocycles. The Bertz CT molecular complexity index is 585. The Morgan fingerprint density at radius 1 is 1.29 bits per heavy atom. The lowest BCUT2D eigenvalue weighted by molar-refractivity contribution is 0.868. The molecule has 0 fully saturated rings. The summed E-state index contributed by atoms with van der Waals surface area (Å²) < 4.78 is 0. The van der Waals surface area contributed by atoms with Crippen LogP contribution in [0.5, 0.6) is 0 Å². The molecular weight excluding hydrogens is 210 g/mol. The fourth-order valence-corrected chi connectivity index (χ4v) is 1.91. The molecule has 0 spiro atoms. The Kier molecular flexibility index (Phi) is 2.84. The summed E-state index contributed by atoms with van der Waals surface area (Å²) in [6, 6.07) is 8.13. The van der Waals surface area contributed by atoms with Crippen molar-refractivity contribution in [1.29, 1.82) is 5.41 Å². The molecule has 1 aromatic heterocycles. The van der Waals surface area contributed by atoms with Gasteiger partial charge in [-0.05, 0) is 42.2 Å². The van der Waals surface area contributed by atoms with E-state index >= 15 is 0 Å². The summed E-state index contributed by atoms with van der Waals surface area (Å²) in [6.45, 7) is 6.38. The molecule has 1 heterocycles. The van der Waals surface area contributed by atoms with Gasteiger partial charge in [-0.15, -0.1) is 0 Å². The van der Waals surface area contributed by atoms with Gasteiger partial charge in [-0.2, -0.15) is 0 Å². The van der Waals surface area contributed by atoms with Crippen molar-refractivity contribution in [2.45, 2.75) is 26.7 Å². The molecule has 3 nitrogen and oxygen atoms in total. The number of pyridine rings is 1. The highest BCUT2D eigenvalue weighted by Gasteiger charge is 2.07. The zero-order valence-corrected chi connectivity index (χ0v) is 10.4. The molecule has 17 heavy (non-hydrogen) atoms. The second-order valence-corrected chi connectivity index (χ2v) is 4.67. The minimum Gasteiger partial charge on any atom is -0.382 e. The molecule has 0 bridgehead atoms. The number of amidine groups is 1. The Hall–Kier alpha value is -1.90. The van der Waals surface area contributed by atoms with Crippen LogP contribution in [0.15, 0.2) is 24.3 Å². The van der Waals surface area contributed by atoms with E-state index in [1.165, 1.54) is 5.56 Å². The lowest BCUT2D eigenvalue weighted by atomic mass is 9.99. The summed E-state index contributed by atoms with van der Waals surface area (Å²) in [5.74, 6) is 0.522. The smallest absolute Gasteiger partial charge is 0.141 e. The molecule has 0 aliphatic rings. The molecule has 0 aliphatic heterocycles. The predicted octanol–water partition coefficient (Wildman–Crippen LogP) is 2.95. The number of nitrogen functional groups attached to an aromatic ring is 1. The van der Waals surface area contributed by atoms with Crippen LogP contribution in [-0.2, 0) is 0 Å². The number of aryl methyl sites for hydroxylation is 1. The van der Waals surface area contributed by atoms with E-state index in [0.717, 1.165) is 16.5 Å². The fourth-order valence-electron chi connectivity index (χ4n) is 1.91. The lowest BCUT2D eigenvalue weighted by Crippen LogP contribution is -2.13. The Labute approximate surface area is 101 Å². The molecule has 0 saturated carbocycles. The first kappa shape index (κ1) is 11.6. The molecule has 3 N–H and O–H groups in total. The first-order valence-electron chi connectivity index (χ1n) is 5.74. The molecular formula is C14H17N3. The Morgan fingerprint density at radius 2 is 2.00 bits per heavy atom. The molecule has 0 atom stereocenters. The van der Waals surface area contributed by atoms with E-state index in [2.05, 4.69) is 31.0 Å². The Morgan fingerprint density at radius 3 is 2.59 bits per heavy atom. The third kappa shape index (κ3) is 2.13. The predicted molar refractivity (Wildman–Crippen MR) is 71.6 cm³/mol. The second-order valence-electron chi connectivity index (χ2n) is 4.67. The number of hydrogen-bond acceptors (Lipinski definition) is 2. The largest absolute Gasteiger partial charge is 0.382 e. The maximum absolute atomic E-state index is 7.43. The minimum absolute atomic E-state index is 0.0166. The van der Waals surface area contributed by atoms with Gasteiger partial charge in [0.2, 0.25) is 0 Å². The molecule has 0 radical (unpaired) electrons. The number of nitrogens with two attached hydrogens (primary N) is 1. The fraction of sp³-hybridized carbons (Fsp3) is 0.286. The van der Waals surface area contributed by atoms with Crippen molar-refractivity contribution >= 4 is 16.7 Å². The molecule has 0 unspecified atom stereocenters. The maximum Gasteiger partial charge on any atom is 0.141 e. The molecule has 88 valence electrons. The summed E-state index contributed by atoms with van der Waals surface area (Å²) in [5.41, 5.74) is 9.34. The van der Waals surface area contributed by atoms with Crippen molar-refractivity contribution in [3.05, 3.63) is 41.1 Å². The number of fused-ring (bicyclic) bond motifs is 1. The maximum atomic E-state index is 7.43. The van der Waals surface area contributed by atoms with Crippen LogP contribution < -0.4 is 5.73 Å². The van der Waals surface area contributed by atoms with Gasteiger partial charge in [0.15, 0.2) is 0 Å². The molecule has 0 amide bonds. The quantitative estimate of drug-likeness (QED) is 0.612. The number of nitrogens with one attached hydrogen (secondary N) is 1. The van der Waals surface area contributed by atoms with Crippen molar-refractivity contribution in [2.75, 3.05) is 0 Å². The summed E-state index contributed by atoms with van der Waals surface area (Å²) >= 11 is 0. The Balaban J connectivity index is 2.68. The summed E-state index contributed by atoms with van der Waals surface area (Å²) in [4.78, 5) is 4.39. The van der Waals surface area contributed by atoms with Crippen molar-refractivity contribution in [1.82, 2.24) is 4.98 Å². The zero-order valence-electron chi connectivity index (χ0n) is 10.4. The molecule has 0 aliphatic carbocycles. The second kappa shape index (κ2) is 4.17. The summed E-state index contributed by atoms with van der Waals surface area (Å²) in [6.07, 6.45) is 0. The van der Waals surface area contributed by atoms with Crippen molar-refractivity contribution in [3.8, 4) is 0 Å². The van der Waals surface area contributed by atoms with Gasteiger partial charge in [-0.1, -0.05) is 19.9 Å². The van der Waals surface area contributed by atoms with Crippen molar-refractivity contribution in [3.63, 3.8) is 0 Å². The van der Waals surface area contributed by atoms with Gasteiger partial charge in [0, 0.05) is 5.39 Å². The van der Waals surface area contributed by atoms with E-state index in [1.54, 1.807) is 0 Å². The SMILES string of the molecule is Cc1cc(C(=N)N)nc2ccc(C(C)C)cc12. The number of hydrogen-bond donors (Lipinski definition) is 2. The van der Waals surface area contributed by atoms with Crippen LogP contribution in [0.4, 0.5) is 0 Å². The summed E-state index contributed by atoms with van der Waals surface area (Å²) in [5, 5.41) is 8.57. The van der Waals surface area contributed by atoms with Gasteiger partial charge < -0.3 is 5.73 Å². The van der Waals surface area contributed by atoms with E-state index < -0.39 is 0 Å². The number of rotatable bonds is 2. The topological polar surface area (TPSA) is 62.8 Å². The van der Waals surface area contributed by atoms with E-state index in [9.17, 15) is 0 Å². The highest BCUT2D eigenvalue weighted by atomic mass is 14.8. The first-order valence-corrected chi connectivity index (χ1v) is 5.74. The minimum atomic E-state index is 0.0166. The van der Waals surface area contributed by atoms with Gasteiger partial charge in [-0.3, -0.25) is 5.41 Å². The average molecular weight is 227 g/mol. The van der Waals surface area contributed by atoms with Crippen LogP contribution in [0.25, 0.3) is 10.9 Å². The van der Waals surface area contributed by atoms with E-state index in [1.807, 2.05) is 19.1 Å². The van der Waals surface area contributed by atoms with E-state index in [4.69, 9.17) is 11.1 Å². The molecule has 1 aromatic carbocycles.